The lowest BCUT2D eigenvalue weighted by molar-refractivity contribution is 0.399. The van der Waals surface area contributed by atoms with Crippen LogP contribution in [0.1, 0.15) is 11.5 Å². The van der Waals surface area contributed by atoms with Gasteiger partial charge in [0.2, 0.25) is 5.90 Å². The minimum absolute atomic E-state index is 0.0882. The van der Waals surface area contributed by atoms with Crippen molar-refractivity contribution in [1.29, 1.82) is 5.41 Å². The fourth-order valence-electron chi connectivity index (χ4n) is 1.07. The summed E-state index contributed by atoms with van der Waals surface area (Å²) >= 11 is 0. The molecule has 0 saturated carbocycles. The van der Waals surface area contributed by atoms with E-state index in [4.69, 9.17) is 10.1 Å². The van der Waals surface area contributed by atoms with E-state index in [1.807, 2.05) is 0 Å². The van der Waals surface area contributed by atoms with Crippen molar-refractivity contribution in [3.63, 3.8) is 0 Å². The van der Waals surface area contributed by atoms with Crippen LogP contribution in [-0.2, 0) is 11.3 Å². The molecule has 5 heteroatoms. The van der Waals surface area contributed by atoms with Gasteiger partial charge in [-0.25, -0.2) is 4.98 Å². The zero-order valence-corrected chi connectivity index (χ0v) is 6.61. The van der Waals surface area contributed by atoms with E-state index >= 15 is 0 Å². The van der Waals surface area contributed by atoms with Gasteiger partial charge in [-0.05, 0) is 0 Å². The van der Waals surface area contributed by atoms with E-state index in [2.05, 4.69) is 9.98 Å². The third-order valence-electron chi connectivity index (χ3n) is 1.68. The maximum atomic E-state index is 7.35. The van der Waals surface area contributed by atoms with E-state index in [1.54, 1.807) is 17.1 Å². The van der Waals surface area contributed by atoms with Crippen LogP contribution in [-0.4, -0.2) is 28.9 Å². The second kappa shape index (κ2) is 2.44. The van der Waals surface area contributed by atoms with Gasteiger partial charge in [-0.15, -0.1) is 0 Å². The fourth-order valence-corrected chi connectivity index (χ4v) is 1.07. The first-order valence-electron chi connectivity index (χ1n) is 3.52. The van der Waals surface area contributed by atoms with Crippen molar-refractivity contribution in [1.82, 2.24) is 9.55 Å². The number of methoxy groups -OCH3 is 1. The Morgan fingerprint density at radius 3 is 3.25 bits per heavy atom. The molecule has 5 nitrogen and oxygen atoms in total. The summed E-state index contributed by atoms with van der Waals surface area (Å²) in [6, 6.07) is 0. The number of hydrogen-bond donors (Lipinski definition) is 1. The topological polar surface area (TPSA) is 63.3 Å². The molecule has 1 aromatic rings. The summed E-state index contributed by atoms with van der Waals surface area (Å²) in [6.07, 6.45) is 3.42. The van der Waals surface area contributed by atoms with Crippen LogP contribution < -0.4 is 0 Å². The SMILES string of the molecule is COC(=N)c1cn2c(n1)CN=C2. The van der Waals surface area contributed by atoms with Gasteiger partial charge in [-0.1, -0.05) is 0 Å². The highest BCUT2D eigenvalue weighted by atomic mass is 16.5. The second-order valence-electron chi connectivity index (χ2n) is 2.44. The molecule has 1 N–H and O–H groups in total. The van der Waals surface area contributed by atoms with Crippen LogP contribution in [0, 0.1) is 5.41 Å². The van der Waals surface area contributed by atoms with E-state index < -0.39 is 0 Å². The Balaban J connectivity index is 2.36. The van der Waals surface area contributed by atoms with Crippen molar-refractivity contribution >= 4 is 12.2 Å². The van der Waals surface area contributed by atoms with Gasteiger partial charge < -0.3 is 4.74 Å². The summed E-state index contributed by atoms with van der Waals surface area (Å²) < 4.78 is 6.53. The molecule has 0 aromatic carbocycles. The molecule has 1 aromatic heterocycles. The number of ether oxygens (including phenoxy) is 1. The molecule has 2 rings (SSSR count). The lowest BCUT2D eigenvalue weighted by Crippen LogP contribution is -2.01. The van der Waals surface area contributed by atoms with Crippen molar-refractivity contribution in [3.8, 4) is 0 Å². The van der Waals surface area contributed by atoms with Crippen molar-refractivity contribution in [2.24, 2.45) is 4.99 Å². The molecule has 0 unspecified atom stereocenters. The first-order chi connectivity index (χ1) is 5.81. The van der Waals surface area contributed by atoms with E-state index in [0.717, 1.165) is 5.82 Å². The average molecular weight is 164 g/mol. The van der Waals surface area contributed by atoms with Gasteiger partial charge in [-0.3, -0.25) is 15.0 Å². The Labute approximate surface area is 69.2 Å². The number of hydrogen-bond acceptors (Lipinski definition) is 4. The van der Waals surface area contributed by atoms with E-state index in [0.29, 0.717) is 12.2 Å². The molecule has 1 aliphatic heterocycles. The lowest BCUT2D eigenvalue weighted by Gasteiger charge is -1.94. The average Bonchev–Trinajstić information content (AvgIpc) is 2.60. The number of rotatable bonds is 1. The van der Waals surface area contributed by atoms with Crippen molar-refractivity contribution in [3.05, 3.63) is 17.7 Å². The molecule has 0 aliphatic carbocycles. The molecule has 0 radical (unpaired) electrons. The molecule has 0 bridgehead atoms. The molecule has 0 spiro atoms. The van der Waals surface area contributed by atoms with Gasteiger partial charge in [-0.2, -0.15) is 0 Å². The molecule has 0 saturated heterocycles. The summed E-state index contributed by atoms with van der Waals surface area (Å²) in [5, 5.41) is 7.35. The van der Waals surface area contributed by atoms with Crippen LogP contribution in [0.15, 0.2) is 11.2 Å². The highest BCUT2D eigenvalue weighted by molar-refractivity contribution is 5.89. The maximum Gasteiger partial charge on any atom is 0.233 e. The number of fused-ring (bicyclic) bond motifs is 1. The molecule has 12 heavy (non-hydrogen) atoms. The van der Waals surface area contributed by atoms with Crippen LogP contribution >= 0.6 is 0 Å². The largest absolute Gasteiger partial charge is 0.480 e. The highest BCUT2D eigenvalue weighted by Crippen LogP contribution is 2.07. The monoisotopic (exact) mass is 164 g/mol. The van der Waals surface area contributed by atoms with Gasteiger partial charge in [0, 0.05) is 6.20 Å². The maximum absolute atomic E-state index is 7.35. The van der Waals surface area contributed by atoms with Gasteiger partial charge in [0.1, 0.15) is 11.5 Å². The fraction of sp³-hybridized carbons (Fsp3) is 0.286. The number of nitrogens with one attached hydrogen (secondary N) is 1. The second-order valence-corrected chi connectivity index (χ2v) is 2.44. The van der Waals surface area contributed by atoms with Gasteiger partial charge in [0.05, 0.1) is 20.0 Å². The third-order valence-corrected chi connectivity index (χ3v) is 1.68. The van der Waals surface area contributed by atoms with E-state index in [1.165, 1.54) is 7.11 Å². The van der Waals surface area contributed by atoms with Crippen LogP contribution in [0.25, 0.3) is 0 Å². The minimum atomic E-state index is 0.0882. The summed E-state index contributed by atoms with van der Waals surface area (Å²) in [5.41, 5.74) is 0.554. The third kappa shape index (κ3) is 0.903. The molecule has 2 heterocycles. The van der Waals surface area contributed by atoms with Crippen molar-refractivity contribution < 1.29 is 4.74 Å². The number of aromatic nitrogens is 2. The molecule has 1 aliphatic rings. The van der Waals surface area contributed by atoms with Crippen LogP contribution in [0.3, 0.4) is 0 Å². The van der Waals surface area contributed by atoms with E-state index in [-0.39, 0.29) is 5.90 Å². The van der Waals surface area contributed by atoms with Crippen molar-refractivity contribution in [2.75, 3.05) is 7.11 Å². The zero-order chi connectivity index (χ0) is 8.55. The summed E-state index contributed by atoms with van der Waals surface area (Å²) in [4.78, 5) is 8.15. The smallest absolute Gasteiger partial charge is 0.233 e. The molecule has 0 fully saturated rings. The van der Waals surface area contributed by atoms with Gasteiger partial charge >= 0.3 is 0 Å². The predicted octanol–water partition coefficient (Wildman–Crippen LogP) is 0.245. The Hall–Kier alpha value is -1.65. The summed E-state index contributed by atoms with van der Waals surface area (Å²) in [7, 11) is 1.46. The van der Waals surface area contributed by atoms with Crippen LogP contribution in [0.5, 0.6) is 0 Å². The Morgan fingerprint density at radius 2 is 2.58 bits per heavy atom. The van der Waals surface area contributed by atoms with Gasteiger partial charge in [0.25, 0.3) is 0 Å². The Morgan fingerprint density at radius 1 is 1.75 bits per heavy atom. The Kier molecular flexibility index (Phi) is 1.43. The first-order valence-corrected chi connectivity index (χ1v) is 3.52. The summed E-state index contributed by atoms with van der Waals surface area (Å²) in [6.45, 7) is 0.594. The van der Waals surface area contributed by atoms with E-state index in [9.17, 15) is 0 Å². The van der Waals surface area contributed by atoms with Crippen LogP contribution in [0.4, 0.5) is 0 Å². The quantitative estimate of drug-likeness (QED) is 0.477. The zero-order valence-electron chi connectivity index (χ0n) is 6.61. The first kappa shape index (κ1) is 7.02. The number of aliphatic imine (C=N–C) groups is 1. The standard InChI is InChI=1S/C7H8N4O/c1-12-7(8)5-3-11-4-9-2-6(11)10-5/h3-4,8H,2H2,1H3. The van der Waals surface area contributed by atoms with Crippen LogP contribution in [0.2, 0.25) is 0 Å². The molecule has 0 atom stereocenters. The highest BCUT2D eigenvalue weighted by Gasteiger charge is 2.12. The predicted molar refractivity (Wildman–Crippen MR) is 43.7 cm³/mol. The molecular formula is C7H8N4O. The molecule has 62 valence electrons. The Bertz CT molecular complexity index is 352. The molecular weight excluding hydrogens is 156 g/mol. The number of imidazole rings is 1. The lowest BCUT2D eigenvalue weighted by atomic mass is 10.5. The normalized spacial score (nSPS) is 13.1. The van der Waals surface area contributed by atoms with Crippen molar-refractivity contribution in [2.45, 2.75) is 6.54 Å². The minimum Gasteiger partial charge on any atom is -0.480 e. The molecule has 0 amide bonds. The summed E-state index contributed by atoms with van der Waals surface area (Å²) in [5.74, 6) is 0.942. The number of nitrogens with zero attached hydrogens (tertiary/aromatic N) is 3. The van der Waals surface area contributed by atoms with Gasteiger partial charge in [0.15, 0.2) is 0 Å².